The maximum Gasteiger partial charge on any atom is 0.242 e. The van der Waals surface area contributed by atoms with Crippen molar-refractivity contribution in [1.29, 1.82) is 0 Å². The van der Waals surface area contributed by atoms with Gasteiger partial charge in [-0.05, 0) is 38.6 Å². The van der Waals surface area contributed by atoms with E-state index < -0.39 is 6.04 Å². The molecule has 2 amide bonds. The van der Waals surface area contributed by atoms with E-state index in [0.717, 1.165) is 5.56 Å². The summed E-state index contributed by atoms with van der Waals surface area (Å²) in [5.74, 6) is -0.411. The van der Waals surface area contributed by atoms with Crippen molar-refractivity contribution < 1.29 is 9.59 Å². The highest BCUT2D eigenvalue weighted by Crippen LogP contribution is 2.21. The van der Waals surface area contributed by atoms with Gasteiger partial charge >= 0.3 is 0 Å². The van der Waals surface area contributed by atoms with E-state index >= 15 is 0 Å². The van der Waals surface area contributed by atoms with Gasteiger partial charge in [0.2, 0.25) is 11.8 Å². The first-order valence-corrected chi connectivity index (χ1v) is 7.78. The minimum Gasteiger partial charge on any atom is -0.355 e. The molecule has 0 aromatic heterocycles. The number of amides is 2. The zero-order chi connectivity index (χ0) is 16.7. The molecular formula is C15H21Cl2N3O2. The molecule has 7 heteroatoms. The Hall–Kier alpha value is -1.30. The van der Waals surface area contributed by atoms with Gasteiger partial charge < -0.3 is 10.6 Å². The Morgan fingerprint density at radius 2 is 2.00 bits per heavy atom. The molecule has 1 aromatic rings. The Balaban J connectivity index is 2.48. The van der Waals surface area contributed by atoms with Crippen molar-refractivity contribution >= 4 is 35.0 Å². The molecule has 0 saturated carbocycles. The maximum atomic E-state index is 11.9. The Morgan fingerprint density at radius 1 is 1.32 bits per heavy atom. The maximum absolute atomic E-state index is 11.9. The predicted octanol–water partition coefficient (Wildman–Crippen LogP) is 2.07. The number of halogens is 2. The molecular weight excluding hydrogens is 325 g/mol. The summed E-state index contributed by atoms with van der Waals surface area (Å²) in [6.07, 6.45) is 0. The Bertz CT molecular complexity index is 538. The number of likely N-dealkylation sites (N-methyl/N-ethyl adjacent to an activating group) is 2. The van der Waals surface area contributed by atoms with Gasteiger partial charge in [0.1, 0.15) is 6.04 Å². The van der Waals surface area contributed by atoms with Gasteiger partial charge in [-0.25, -0.2) is 0 Å². The van der Waals surface area contributed by atoms with Crippen LogP contribution in [0, 0.1) is 0 Å². The van der Waals surface area contributed by atoms with E-state index in [0.29, 0.717) is 23.1 Å². The average Bonchev–Trinajstić information content (AvgIpc) is 2.42. The summed E-state index contributed by atoms with van der Waals surface area (Å²) in [6.45, 7) is 4.70. The van der Waals surface area contributed by atoms with E-state index in [1.807, 2.05) is 17.9 Å². The highest BCUT2D eigenvalue weighted by atomic mass is 35.5. The molecule has 0 aliphatic heterocycles. The largest absolute Gasteiger partial charge is 0.355 e. The summed E-state index contributed by atoms with van der Waals surface area (Å²) in [6, 6.07) is 4.70. The van der Waals surface area contributed by atoms with Crippen LogP contribution in [-0.2, 0) is 16.1 Å². The van der Waals surface area contributed by atoms with Gasteiger partial charge in [0.15, 0.2) is 0 Å². The highest BCUT2D eigenvalue weighted by molar-refractivity contribution is 6.35. The molecule has 0 aliphatic carbocycles. The van der Waals surface area contributed by atoms with Crippen LogP contribution in [0.4, 0.5) is 0 Å². The molecule has 0 aliphatic rings. The second-order valence-electron chi connectivity index (χ2n) is 5.09. The molecule has 5 nitrogen and oxygen atoms in total. The van der Waals surface area contributed by atoms with Gasteiger partial charge in [-0.1, -0.05) is 29.3 Å². The van der Waals surface area contributed by atoms with Crippen molar-refractivity contribution in [3.63, 3.8) is 0 Å². The van der Waals surface area contributed by atoms with E-state index in [4.69, 9.17) is 23.2 Å². The third-order valence-electron chi connectivity index (χ3n) is 2.99. The summed E-state index contributed by atoms with van der Waals surface area (Å²) in [5, 5.41) is 6.46. The van der Waals surface area contributed by atoms with Crippen LogP contribution in [0.2, 0.25) is 10.0 Å². The minimum atomic E-state index is -0.556. The van der Waals surface area contributed by atoms with Crippen LogP contribution in [0.3, 0.4) is 0 Å². The van der Waals surface area contributed by atoms with Gasteiger partial charge in [-0.15, -0.1) is 0 Å². The lowest BCUT2D eigenvalue weighted by atomic mass is 10.2. The lowest BCUT2D eigenvalue weighted by molar-refractivity contribution is -0.129. The molecule has 2 N–H and O–H groups in total. The van der Waals surface area contributed by atoms with Crippen LogP contribution in [0.1, 0.15) is 19.4 Å². The fourth-order valence-corrected chi connectivity index (χ4v) is 2.39. The summed E-state index contributed by atoms with van der Waals surface area (Å²) < 4.78 is 0. The number of rotatable bonds is 7. The second kappa shape index (κ2) is 8.98. The van der Waals surface area contributed by atoms with E-state index in [1.54, 1.807) is 26.1 Å². The van der Waals surface area contributed by atoms with Gasteiger partial charge in [0, 0.05) is 23.1 Å². The topological polar surface area (TPSA) is 61.4 Å². The molecule has 0 unspecified atom stereocenters. The van der Waals surface area contributed by atoms with Gasteiger partial charge in [-0.3, -0.25) is 14.5 Å². The summed E-state index contributed by atoms with van der Waals surface area (Å²) in [4.78, 5) is 25.3. The highest BCUT2D eigenvalue weighted by Gasteiger charge is 2.16. The third kappa shape index (κ3) is 6.22. The molecule has 1 aromatic carbocycles. The Kier molecular flexibility index (Phi) is 7.65. The van der Waals surface area contributed by atoms with E-state index in [2.05, 4.69) is 10.6 Å². The molecule has 0 bridgehead atoms. The number of hydrogen-bond donors (Lipinski definition) is 2. The fraction of sp³-hybridized carbons (Fsp3) is 0.467. The van der Waals surface area contributed by atoms with Gasteiger partial charge in [0.05, 0.1) is 6.54 Å². The number of nitrogens with one attached hydrogen (secondary N) is 2. The third-order valence-corrected chi connectivity index (χ3v) is 3.58. The van der Waals surface area contributed by atoms with Crippen molar-refractivity contribution in [2.24, 2.45) is 0 Å². The predicted molar refractivity (Wildman–Crippen MR) is 89.1 cm³/mol. The molecule has 0 spiro atoms. The van der Waals surface area contributed by atoms with Crippen molar-refractivity contribution in [1.82, 2.24) is 15.5 Å². The summed E-state index contributed by atoms with van der Waals surface area (Å²) in [7, 11) is 1.81. The van der Waals surface area contributed by atoms with Gasteiger partial charge in [-0.2, -0.15) is 0 Å². The van der Waals surface area contributed by atoms with E-state index in [-0.39, 0.29) is 18.4 Å². The SMILES string of the molecule is CCNC(=O)[C@@H](C)NC(=O)CN(C)Cc1ccc(Cl)cc1Cl. The Labute approximate surface area is 141 Å². The molecule has 22 heavy (non-hydrogen) atoms. The van der Waals surface area contributed by atoms with Crippen LogP contribution in [0.5, 0.6) is 0 Å². The van der Waals surface area contributed by atoms with E-state index in [1.165, 1.54) is 0 Å². The quantitative estimate of drug-likeness (QED) is 0.795. The number of nitrogens with zero attached hydrogens (tertiary/aromatic N) is 1. The molecule has 0 saturated heterocycles. The number of benzene rings is 1. The lowest BCUT2D eigenvalue weighted by Crippen LogP contribution is -2.47. The van der Waals surface area contributed by atoms with Crippen molar-refractivity contribution in [2.75, 3.05) is 20.1 Å². The first-order valence-electron chi connectivity index (χ1n) is 7.03. The van der Waals surface area contributed by atoms with Crippen LogP contribution < -0.4 is 10.6 Å². The molecule has 1 atom stereocenters. The summed E-state index contributed by atoms with van der Waals surface area (Å²) in [5.41, 5.74) is 0.887. The second-order valence-corrected chi connectivity index (χ2v) is 5.94. The van der Waals surface area contributed by atoms with Crippen molar-refractivity contribution in [3.8, 4) is 0 Å². The number of carbonyl (C=O) groups is 2. The first kappa shape index (κ1) is 18.7. The normalized spacial score (nSPS) is 12.1. The standard InChI is InChI=1S/C15H21Cl2N3O2/c1-4-18-15(22)10(2)19-14(21)9-20(3)8-11-5-6-12(16)7-13(11)17/h5-7,10H,4,8-9H2,1-3H3,(H,18,22)(H,19,21)/t10-/m1/s1. The van der Waals surface area contributed by atoms with E-state index in [9.17, 15) is 9.59 Å². The Morgan fingerprint density at radius 3 is 2.59 bits per heavy atom. The van der Waals surface area contributed by atoms with Crippen LogP contribution in [0.25, 0.3) is 0 Å². The summed E-state index contributed by atoms with van der Waals surface area (Å²) >= 11 is 12.0. The minimum absolute atomic E-state index is 0.169. The van der Waals surface area contributed by atoms with Crippen LogP contribution >= 0.6 is 23.2 Å². The molecule has 0 heterocycles. The molecule has 0 radical (unpaired) electrons. The lowest BCUT2D eigenvalue weighted by Gasteiger charge is -2.19. The van der Waals surface area contributed by atoms with Crippen LogP contribution in [-0.4, -0.2) is 42.9 Å². The van der Waals surface area contributed by atoms with Gasteiger partial charge in [0.25, 0.3) is 0 Å². The fourth-order valence-electron chi connectivity index (χ4n) is 1.92. The molecule has 1 rings (SSSR count). The van der Waals surface area contributed by atoms with Crippen molar-refractivity contribution in [2.45, 2.75) is 26.4 Å². The van der Waals surface area contributed by atoms with Crippen LogP contribution in [0.15, 0.2) is 18.2 Å². The molecule has 122 valence electrons. The average molecular weight is 346 g/mol. The molecule has 0 fully saturated rings. The first-order chi connectivity index (χ1) is 10.3. The zero-order valence-corrected chi connectivity index (χ0v) is 14.5. The number of carbonyl (C=O) groups excluding carboxylic acids is 2. The monoisotopic (exact) mass is 345 g/mol. The zero-order valence-electron chi connectivity index (χ0n) is 13.0. The number of hydrogen-bond acceptors (Lipinski definition) is 3. The van der Waals surface area contributed by atoms with Crippen molar-refractivity contribution in [3.05, 3.63) is 33.8 Å². The smallest absolute Gasteiger partial charge is 0.242 e.